The second-order valence-corrected chi connectivity index (χ2v) is 8.75. The Kier molecular flexibility index (Phi) is 5.76. The van der Waals surface area contributed by atoms with Crippen LogP contribution in [0.1, 0.15) is 30.9 Å². The van der Waals surface area contributed by atoms with Crippen LogP contribution in [0.5, 0.6) is 0 Å². The Bertz CT molecular complexity index is 725. The van der Waals surface area contributed by atoms with Gasteiger partial charge in [-0.2, -0.15) is 4.31 Å². The zero-order chi connectivity index (χ0) is 17.9. The molecule has 1 aliphatic carbocycles. The number of carbonyl (C=O) groups is 1. The molecule has 1 N–H and O–H groups in total. The molecule has 1 aliphatic heterocycles. The van der Waals surface area contributed by atoms with E-state index in [1.807, 2.05) is 24.0 Å². The fourth-order valence-electron chi connectivity index (χ4n) is 3.51. The Labute approximate surface area is 150 Å². The van der Waals surface area contributed by atoms with Crippen molar-refractivity contribution < 1.29 is 13.2 Å². The quantitative estimate of drug-likeness (QED) is 0.817. The van der Waals surface area contributed by atoms with Crippen LogP contribution in [0.25, 0.3) is 0 Å². The Morgan fingerprint density at radius 3 is 2.56 bits per heavy atom. The lowest BCUT2D eigenvalue weighted by Crippen LogP contribution is -2.51. The minimum absolute atomic E-state index is 0.0109. The maximum Gasteiger partial charge on any atom is 0.243 e. The Hall–Kier alpha value is -1.44. The fraction of sp³-hybridized carbons (Fsp3) is 0.611. The van der Waals surface area contributed by atoms with Crippen molar-refractivity contribution in [2.75, 3.05) is 39.3 Å². The second-order valence-electron chi connectivity index (χ2n) is 6.81. The van der Waals surface area contributed by atoms with Gasteiger partial charge in [0.25, 0.3) is 0 Å². The molecule has 1 amide bonds. The van der Waals surface area contributed by atoms with Gasteiger partial charge in [-0.1, -0.05) is 13.0 Å². The molecule has 1 aromatic rings. The van der Waals surface area contributed by atoms with Gasteiger partial charge < -0.3 is 5.32 Å². The van der Waals surface area contributed by atoms with Crippen molar-refractivity contribution in [1.29, 1.82) is 0 Å². The number of nitrogens with one attached hydrogen (secondary N) is 1. The van der Waals surface area contributed by atoms with Crippen LogP contribution >= 0.6 is 0 Å². The van der Waals surface area contributed by atoms with Crippen molar-refractivity contribution in [3.05, 3.63) is 29.3 Å². The van der Waals surface area contributed by atoms with Crippen LogP contribution in [0.2, 0.25) is 0 Å². The first-order valence-electron chi connectivity index (χ1n) is 9.11. The van der Waals surface area contributed by atoms with Gasteiger partial charge in [0, 0.05) is 32.7 Å². The number of nitrogens with zero attached hydrogens (tertiary/aromatic N) is 2. The average Bonchev–Trinajstić information content (AvgIpc) is 3.08. The van der Waals surface area contributed by atoms with Gasteiger partial charge in [-0.3, -0.25) is 9.69 Å². The lowest BCUT2D eigenvalue weighted by molar-refractivity contribution is -0.122. The monoisotopic (exact) mass is 365 g/mol. The van der Waals surface area contributed by atoms with Gasteiger partial charge in [0.2, 0.25) is 15.9 Å². The number of rotatable bonds is 6. The van der Waals surface area contributed by atoms with Gasteiger partial charge >= 0.3 is 0 Å². The highest BCUT2D eigenvalue weighted by Crippen LogP contribution is 2.26. The first-order valence-corrected chi connectivity index (χ1v) is 10.6. The van der Waals surface area contributed by atoms with Crippen LogP contribution in [-0.2, 0) is 27.7 Å². The van der Waals surface area contributed by atoms with Crippen LogP contribution in [0.3, 0.4) is 0 Å². The SMILES string of the molecule is CCCNC(=O)CN1CCN(S(=O)(=O)c2ccc3c(c2)CCC3)CC1. The van der Waals surface area contributed by atoms with Gasteiger partial charge in [0.1, 0.15) is 0 Å². The Morgan fingerprint density at radius 2 is 1.84 bits per heavy atom. The fourth-order valence-corrected chi connectivity index (χ4v) is 4.98. The molecular formula is C18H27N3O3S. The van der Waals surface area contributed by atoms with Crippen LogP contribution in [0, 0.1) is 0 Å². The van der Waals surface area contributed by atoms with E-state index < -0.39 is 10.0 Å². The van der Waals surface area contributed by atoms with Crippen molar-refractivity contribution in [2.45, 2.75) is 37.5 Å². The number of benzene rings is 1. The number of hydrogen-bond acceptors (Lipinski definition) is 4. The van der Waals surface area contributed by atoms with E-state index in [1.165, 1.54) is 11.1 Å². The first kappa shape index (κ1) is 18.4. The molecule has 0 spiro atoms. The van der Waals surface area contributed by atoms with Crippen LogP contribution in [-0.4, -0.2) is 62.8 Å². The molecule has 0 unspecified atom stereocenters. The normalized spacial score (nSPS) is 18.9. The molecule has 138 valence electrons. The van der Waals surface area contributed by atoms with Gasteiger partial charge in [-0.15, -0.1) is 0 Å². The van der Waals surface area contributed by atoms with E-state index in [0.29, 0.717) is 44.2 Å². The number of hydrogen-bond donors (Lipinski definition) is 1. The third kappa shape index (κ3) is 4.22. The van der Waals surface area contributed by atoms with Crippen LogP contribution in [0.15, 0.2) is 23.1 Å². The highest BCUT2D eigenvalue weighted by atomic mass is 32.2. The average molecular weight is 365 g/mol. The number of fused-ring (bicyclic) bond motifs is 1. The Balaban J connectivity index is 1.59. The first-order chi connectivity index (χ1) is 12.0. The summed E-state index contributed by atoms with van der Waals surface area (Å²) in [5, 5.41) is 2.86. The van der Waals surface area contributed by atoms with E-state index >= 15 is 0 Å². The van der Waals surface area contributed by atoms with E-state index in [-0.39, 0.29) is 5.91 Å². The molecule has 1 fully saturated rings. The van der Waals surface area contributed by atoms with Gasteiger partial charge in [-0.05, 0) is 48.9 Å². The smallest absolute Gasteiger partial charge is 0.243 e. The lowest BCUT2D eigenvalue weighted by atomic mass is 10.1. The zero-order valence-electron chi connectivity index (χ0n) is 14.8. The minimum Gasteiger partial charge on any atom is -0.355 e. The number of amides is 1. The summed E-state index contributed by atoms with van der Waals surface area (Å²) in [4.78, 5) is 14.2. The summed E-state index contributed by atoms with van der Waals surface area (Å²) in [5.41, 5.74) is 2.45. The topological polar surface area (TPSA) is 69.7 Å². The molecule has 1 saturated heterocycles. The van der Waals surface area contributed by atoms with Crippen molar-refractivity contribution >= 4 is 15.9 Å². The number of piperazine rings is 1. The molecule has 6 nitrogen and oxygen atoms in total. The maximum absolute atomic E-state index is 12.9. The van der Waals surface area contributed by atoms with E-state index in [1.54, 1.807) is 10.4 Å². The predicted octanol–water partition coefficient (Wildman–Crippen LogP) is 1.01. The molecule has 7 heteroatoms. The number of carbonyl (C=O) groups excluding carboxylic acids is 1. The highest BCUT2D eigenvalue weighted by molar-refractivity contribution is 7.89. The molecule has 2 aliphatic rings. The van der Waals surface area contributed by atoms with Crippen molar-refractivity contribution in [2.24, 2.45) is 0 Å². The third-order valence-electron chi connectivity index (χ3n) is 4.98. The molecule has 0 saturated carbocycles. The van der Waals surface area contributed by atoms with E-state index in [4.69, 9.17) is 0 Å². The molecule has 0 bridgehead atoms. The largest absolute Gasteiger partial charge is 0.355 e. The molecule has 3 rings (SSSR count). The van der Waals surface area contributed by atoms with Crippen molar-refractivity contribution in [3.8, 4) is 0 Å². The molecular weight excluding hydrogens is 338 g/mol. The van der Waals surface area contributed by atoms with Crippen LogP contribution < -0.4 is 5.32 Å². The summed E-state index contributed by atoms with van der Waals surface area (Å²) in [5.74, 6) is 0.0109. The lowest BCUT2D eigenvalue weighted by Gasteiger charge is -2.33. The summed E-state index contributed by atoms with van der Waals surface area (Å²) < 4.78 is 27.3. The summed E-state index contributed by atoms with van der Waals surface area (Å²) in [6.07, 6.45) is 4.05. The standard InChI is InChI=1S/C18H27N3O3S/c1-2-8-19-18(22)14-20-9-11-21(12-10-20)25(23,24)17-7-6-15-4-3-5-16(15)13-17/h6-7,13H,2-5,8-12,14H2,1H3,(H,19,22). The summed E-state index contributed by atoms with van der Waals surface area (Å²) >= 11 is 0. The van der Waals surface area contributed by atoms with Crippen LogP contribution in [0.4, 0.5) is 0 Å². The number of aryl methyl sites for hydroxylation is 2. The highest BCUT2D eigenvalue weighted by Gasteiger charge is 2.29. The minimum atomic E-state index is -3.44. The molecule has 1 heterocycles. The summed E-state index contributed by atoms with van der Waals surface area (Å²) in [6.45, 7) is 5.08. The number of sulfonamides is 1. The van der Waals surface area contributed by atoms with Gasteiger partial charge in [0.15, 0.2) is 0 Å². The van der Waals surface area contributed by atoms with Gasteiger partial charge in [0.05, 0.1) is 11.4 Å². The molecule has 0 radical (unpaired) electrons. The van der Waals surface area contributed by atoms with E-state index in [0.717, 1.165) is 25.7 Å². The summed E-state index contributed by atoms with van der Waals surface area (Å²) in [6, 6.07) is 5.55. The third-order valence-corrected chi connectivity index (χ3v) is 6.87. The van der Waals surface area contributed by atoms with E-state index in [2.05, 4.69) is 5.32 Å². The summed E-state index contributed by atoms with van der Waals surface area (Å²) in [7, 11) is -3.44. The second kappa shape index (κ2) is 7.85. The van der Waals surface area contributed by atoms with Crippen molar-refractivity contribution in [3.63, 3.8) is 0 Å². The molecule has 25 heavy (non-hydrogen) atoms. The zero-order valence-corrected chi connectivity index (χ0v) is 15.6. The maximum atomic E-state index is 12.9. The predicted molar refractivity (Wildman–Crippen MR) is 97.0 cm³/mol. The van der Waals surface area contributed by atoms with Crippen molar-refractivity contribution in [1.82, 2.24) is 14.5 Å². The molecule has 0 aromatic heterocycles. The molecule has 0 atom stereocenters. The Morgan fingerprint density at radius 1 is 1.12 bits per heavy atom. The molecule has 1 aromatic carbocycles. The van der Waals surface area contributed by atoms with E-state index in [9.17, 15) is 13.2 Å². The van der Waals surface area contributed by atoms with Gasteiger partial charge in [-0.25, -0.2) is 8.42 Å².